The number of carbonyl (C=O) groups is 3. The molecule has 0 spiro atoms. The first kappa shape index (κ1) is 30.0. The fourth-order valence-corrected chi connectivity index (χ4v) is 4.67. The molecule has 2 aromatic carbocycles. The summed E-state index contributed by atoms with van der Waals surface area (Å²) in [6.07, 6.45) is 2.02. The van der Waals surface area contributed by atoms with E-state index in [1.165, 1.54) is 0 Å². The zero-order chi connectivity index (χ0) is 28.7. The molecule has 1 fully saturated rings. The van der Waals surface area contributed by atoms with E-state index in [-0.39, 0.29) is 35.9 Å². The number of phenolic OH excluding ortho intramolecular Hbond substituents is 1. The first-order chi connectivity index (χ1) is 18.4. The van der Waals surface area contributed by atoms with Crippen LogP contribution in [-0.4, -0.2) is 52.1 Å². The van der Waals surface area contributed by atoms with E-state index in [4.69, 9.17) is 4.74 Å². The molecule has 4 unspecified atom stereocenters. The number of alkyl carbamates (subject to hydrolysis) is 1. The van der Waals surface area contributed by atoms with Crippen molar-refractivity contribution in [2.45, 2.75) is 91.0 Å². The Kier molecular flexibility index (Phi) is 10.0. The van der Waals surface area contributed by atoms with E-state index in [2.05, 4.69) is 24.5 Å². The standard InChI is InChI=1S/C31H43N3O5/c1-7-8-17-32-28(36)27(24-12-10-9-11-20(24)2)34(26-18-21(26)3)29(37)25(33-30(38)39-31(4,5)6)19-22-13-15-23(35)16-14-22/h9-16,21,25-27,35H,7-8,17-19H2,1-6H3,(H,32,36)(H,33,38). The van der Waals surface area contributed by atoms with E-state index in [0.717, 1.165) is 36.0 Å². The second kappa shape index (κ2) is 13.0. The Bertz CT molecular complexity index is 1140. The number of ether oxygens (including phenoxy) is 1. The minimum absolute atomic E-state index is 0.110. The van der Waals surface area contributed by atoms with Gasteiger partial charge in [0.25, 0.3) is 0 Å². The number of nitrogens with zero attached hydrogens (tertiary/aromatic N) is 1. The van der Waals surface area contributed by atoms with Gasteiger partial charge in [0.2, 0.25) is 11.8 Å². The number of amides is 3. The van der Waals surface area contributed by atoms with E-state index in [1.54, 1.807) is 49.9 Å². The van der Waals surface area contributed by atoms with E-state index in [9.17, 15) is 19.5 Å². The highest BCUT2D eigenvalue weighted by Crippen LogP contribution is 2.41. The molecule has 0 heterocycles. The Morgan fingerprint density at radius 1 is 1.10 bits per heavy atom. The molecule has 1 aliphatic carbocycles. The van der Waals surface area contributed by atoms with Gasteiger partial charge in [-0.15, -0.1) is 0 Å². The average Bonchev–Trinajstić information content (AvgIpc) is 3.58. The van der Waals surface area contributed by atoms with Crippen molar-refractivity contribution in [2.75, 3.05) is 6.54 Å². The van der Waals surface area contributed by atoms with E-state index in [0.29, 0.717) is 6.54 Å². The molecule has 2 aromatic rings. The van der Waals surface area contributed by atoms with E-state index >= 15 is 0 Å². The molecule has 4 atom stereocenters. The van der Waals surface area contributed by atoms with Crippen molar-refractivity contribution >= 4 is 17.9 Å². The van der Waals surface area contributed by atoms with Gasteiger partial charge in [0, 0.05) is 19.0 Å². The van der Waals surface area contributed by atoms with Gasteiger partial charge < -0.3 is 25.4 Å². The van der Waals surface area contributed by atoms with Crippen molar-refractivity contribution in [1.82, 2.24) is 15.5 Å². The predicted molar refractivity (Wildman–Crippen MR) is 151 cm³/mol. The average molecular weight is 538 g/mol. The Morgan fingerprint density at radius 3 is 2.31 bits per heavy atom. The lowest BCUT2D eigenvalue weighted by Crippen LogP contribution is -2.55. The highest BCUT2D eigenvalue weighted by Gasteiger charge is 2.48. The molecule has 8 nitrogen and oxygen atoms in total. The molecule has 1 aliphatic rings. The summed E-state index contributed by atoms with van der Waals surface area (Å²) in [6, 6.07) is 12.2. The van der Waals surface area contributed by atoms with Crippen molar-refractivity contribution in [3.63, 3.8) is 0 Å². The molecule has 3 amide bonds. The molecule has 8 heteroatoms. The second-order valence-electron chi connectivity index (χ2n) is 11.5. The SMILES string of the molecule is CCCCNC(=O)C(c1ccccc1C)N(C(=O)C(Cc1ccc(O)cc1)NC(=O)OC(C)(C)C)C1CC1C. The van der Waals surface area contributed by atoms with Gasteiger partial charge >= 0.3 is 6.09 Å². The number of aromatic hydroxyl groups is 1. The minimum Gasteiger partial charge on any atom is -0.508 e. The smallest absolute Gasteiger partial charge is 0.408 e. The van der Waals surface area contributed by atoms with Gasteiger partial charge in [0.1, 0.15) is 23.4 Å². The molecular formula is C31H43N3O5. The molecule has 3 rings (SSSR count). The number of hydrogen-bond acceptors (Lipinski definition) is 5. The Labute approximate surface area is 232 Å². The Morgan fingerprint density at radius 2 is 1.74 bits per heavy atom. The number of hydrogen-bond donors (Lipinski definition) is 3. The van der Waals surface area contributed by atoms with Crippen LogP contribution in [-0.2, 0) is 20.7 Å². The van der Waals surface area contributed by atoms with Crippen LogP contribution in [0.25, 0.3) is 0 Å². The number of aryl methyl sites for hydroxylation is 1. The largest absolute Gasteiger partial charge is 0.508 e. The van der Waals surface area contributed by atoms with Crippen LogP contribution >= 0.6 is 0 Å². The Balaban J connectivity index is 2.02. The predicted octanol–water partition coefficient (Wildman–Crippen LogP) is 5.03. The third kappa shape index (κ3) is 8.47. The second-order valence-corrected chi connectivity index (χ2v) is 11.5. The van der Waals surface area contributed by atoms with Gasteiger partial charge in [-0.1, -0.05) is 56.7 Å². The van der Waals surface area contributed by atoms with Crippen LogP contribution in [0.5, 0.6) is 5.75 Å². The van der Waals surface area contributed by atoms with Gasteiger partial charge in [-0.25, -0.2) is 4.79 Å². The van der Waals surface area contributed by atoms with Crippen molar-refractivity contribution in [3.05, 3.63) is 65.2 Å². The molecule has 3 N–H and O–H groups in total. The maximum Gasteiger partial charge on any atom is 0.408 e. The minimum atomic E-state index is -0.979. The lowest BCUT2D eigenvalue weighted by Gasteiger charge is -2.35. The topological polar surface area (TPSA) is 108 Å². The van der Waals surface area contributed by atoms with E-state index < -0.39 is 23.8 Å². The van der Waals surface area contributed by atoms with Gasteiger partial charge in [0.05, 0.1) is 0 Å². The quantitative estimate of drug-likeness (QED) is 0.349. The molecule has 39 heavy (non-hydrogen) atoms. The van der Waals surface area contributed by atoms with Crippen molar-refractivity contribution in [2.24, 2.45) is 5.92 Å². The summed E-state index contributed by atoms with van der Waals surface area (Å²) < 4.78 is 5.49. The van der Waals surface area contributed by atoms with Crippen LogP contribution in [0.4, 0.5) is 4.79 Å². The molecule has 0 radical (unpaired) electrons. The zero-order valence-electron chi connectivity index (χ0n) is 24.0. The summed E-state index contributed by atoms with van der Waals surface area (Å²) in [7, 11) is 0. The van der Waals surface area contributed by atoms with Crippen LogP contribution in [0.1, 0.15) is 76.6 Å². The lowest BCUT2D eigenvalue weighted by molar-refractivity contribution is -0.143. The molecule has 1 saturated carbocycles. The van der Waals surface area contributed by atoms with Crippen LogP contribution < -0.4 is 10.6 Å². The van der Waals surface area contributed by atoms with Crippen LogP contribution in [0.3, 0.4) is 0 Å². The summed E-state index contributed by atoms with van der Waals surface area (Å²) in [5, 5.41) is 15.6. The highest BCUT2D eigenvalue weighted by molar-refractivity contribution is 5.93. The number of nitrogens with one attached hydrogen (secondary N) is 2. The first-order valence-electron chi connectivity index (χ1n) is 13.8. The summed E-state index contributed by atoms with van der Waals surface area (Å²) in [6.45, 7) is 11.9. The molecule has 0 aliphatic heterocycles. The number of unbranched alkanes of at least 4 members (excludes halogenated alkanes) is 1. The van der Waals surface area contributed by atoms with E-state index in [1.807, 2.05) is 31.2 Å². The third-order valence-electron chi connectivity index (χ3n) is 6.88. The van der Waals surface area contributed by atoms with Gasteiger partial charge in [-0.3, -0.25) is 9.59 Å². The van der Waals surface area contributed by atoms with Crippen molar-refractivity contribution < 1.29 is 24.2 Å². The van der Waals surface area contributed by atoms with Crippen molar-refractivity contribution in [3.8, 4) is 5.75 Å². The van der Waals surface area contributed by atoms with Crippen LogP contribution in [0, 0.1) is 12.8 Å². The normalized spacial score (nSPS) is 18.0. The molecule has 0 bridgehead atoms. The molecule has 0 saturated heterocycles. The fraction of sp³-hybridized carbons (Fsp3) is 0.516. The summed E-state index contributed by atoms with van der Waals surface area (Å²) in [5.41, 5.74) is 1.68. The molecular weight excluding hydrogens is 494 g/mol. The zero-order valence-corrected chi connectivity index (χ0v) is 24.0. The van der Waals surface area contributed by atoms with Gasteiger partial charge in [0.15, 0.2) is 0 Å². The van der Waals surface area contributed by atoms with Crippen LogP contribution in [0.2, 0.25) is 0 Å². The Hall–Kier alpha value is -3.55. The summed E-state index contributed by atoms with van der Waals surface area (Å²) in [4.78, 5) is 42.7. The molecule has 212 valence electrons. The van der Waals surface area contributed by atoms with Crippen LogP contribution in [0.15, 0.2) is 48.5 Å². The van der Waals surface area contributed by atoms with Crippen molar-refractivity contribution in [1.29, 1.82) is 0 Å². The molecule has 0 aromatic heterocycles. The first-order valence-corrected chi connectivity index (χ1v) is 13.8. The number of rotatable bonds is 11. The van der Waals surface area contributed by atoms with Gasteiger partial charge in [-0.2, -0.15) is 0 Å². The maximum atomic E-state index is 14.4. The third-order valence-corrected chi connectivity index (χ3v) is 6.88. The maximum absolute atomic E-state index is 14.4. The van der Waals surface area contributed by atoms with Gasteiger partial charge in [-0.05, 0) is 75.3 Å². The highest BCUT2D eigenvalue weighted by atomic mass is 16.6. The lowest BCUT2D eigenvalue weighted by atomic mass is 9.96. The number of carbonyl (C=O) groups excluding carboxylic acids is 3. The number of benzene rings is 2. The summed E-state index contributed by atoms with van der Waals surface area (Å²) in [5.74, 6) is -0.244. The monoisotopic (exact) mass is 537 g/mol. The fourth-order valence-electron chi connectivity index (χ4n) is 4.67. The number of phenols is 1. The summed E-state index contributed by atoms with van der Waals surface area (Å²) >= 11 is 0.